The Morgan fingerprint density at radius 3 is 3.00 bits per heavy atom. The van der Waals surface area contributed by atoms with Crippen LogP contribution in [0.5, 0.6) is 5.75 Å². The lowest BCUT2D eigenvalue weighted by Crippen LogP contribution is -2.02. The minimum atomic E-state index is -0.906. The maximum atomic E-state index is 10.9. The van der Waals surface area contributed by atoms with Gasteiger partial charge in [-0.2, -0.15) is 0 Å². The molecule has 13 heavy (non-hydrogen) atoms. The molecule has 0 radical (unpaired) electrons. The van der Waals surface area contributed by atoms with Crippen LogP contribution in [-0.2, 0) is 6.42 Å². The third kappa shape index (κ3) is 1.16. The van der Waals surface area contributed by atoms with Crippen molar-refractivity contribution in [2.24, 2.45) is 0 Å². The van der Waals surface area contributed by atoms with E-state index in [0.29, 0.717) is 17.9 Å². The van der Waals surface area contributed by atoms with E-state index in [1.807, 2.05) is 12.1 Å². The number of aryl methyl sites for hydroxylation is 1. The highest BCUT2D eigenvalue weighted by Crippen LogP contribution is 2.31. The summed E-state index contributed by atoms with van der Waals surface area (Å²) in [5, 5.41) is 8.95. The molecule has 1 aliphatic heterocycles. The van der Waals surface area contributed by atoms with E-state index in [4.69, 9.17) is 9.84 Å². The van der Waals surface area contributed by atoms with E-state index < -0.39 is 5.97 Å². The number of ether oxygens (including phenoxy) is 1. The lowest BCUT2D eigenvalue weighted by atomic mass is 10.0. The predicted octanol–water partition coefficient (Wildman–Crippen LogP) is 1.63. The van der Waals surface area contributed by atoms with Gasteiger partial charge in [0.15, 0.2) is 0 Å². The van der Waals surface area contributed by atoms with Crippen LogP contribution in [-0.4, -0.2) is 17.7 Å². The number of carbonyl (C=O) groups is 1. The summed E-state index contributed by atoms with van der Waals surface area (Å²) in [6.07, 6.45) is 0.815. The predicted molar refractivity (Wildman–Crippen MR) is 47.3 cm³/mol. The average molecular weight is 178 g/mol. The summed E-state index contributed by atoms with van der Waals surface area (Å²) in [4.78, 5) is 10.9. The van der Waals surface area contributed by atoms with Gasteiger partial charge in [-0.25, -0.2) is 4.79 Å². The molecule has 3 nitrogen and oxygen atoms in total. The molecule has 0 aromatic heterocycles. The SMILES string of the molecule is Cc1ccc2c(c1C(=O)O)OCC2. The summed E-state index contributed by atoms with van der Waals surface area (Å²) < 4.78 is 5.29. The Balaban J connectivity index is 2.65. The summed E-state index contributed by atoms with van der Waals surface area (Å²) in [7, 11) is 0. The van der Waals surface area contributed by atoms with E-state index in [9.17, 15) is 4.79 Å². The van der Waals surface area contributed by atoms with Crippen LogP contribution in [0.3, 0.4) is 0 Å². The summed E-state index contributed by atoms with van der Waals surface area (Å²) in [6.45, 7) is 2.38. The summed E-state index contributed by atoms with van der Waals surface area (Å²) >= 11 is 0. The van der Waals surface area contributed by atoms with Crippen molar-refractivity contribution in [2.75, 3.05) is 6.61 Å². The molecule has 0 spiro atoms. The number of rotatable bonds is 1. The second kappa shape index (κ2) is 2.76. The van der Waals surface area contributed by atoms with E-state index in [0.717, 1.165) is 17.5 Å². The number of benzene rings is 1. The minimum absolute atomic E-state index is 0.315. The van der Waals surface area contributed by atoms with Crippen molar-refractivity contribution in [1.82, 2.24) is 0 Å². The number of hydrogen-bond acceptors (Lipinski definition) is 2. The second-order valence-corrected chi connectivity index (χ2v) is 3.15. The van der Waals surface area contributed by atoms with Crippen LogP contribution in [0.15, 0.2) is 12.1 Å². The van der Waals surface area contributed by atoms with Crippen LogP contribution in [0, 0.1) is 6.92 Å². The first-order valence-electron chi connectivity index (χ1n) is 4.18. The lowest BCUT2D eigenvalue weighted by molar-refractivity contribution is 0.0692. The van der Waals surface area contributed by atoms with Gasteiger partial charge in [-0.05, 0) is 18.1 Å². The first-order valence-corrected chi connectivity index (χ1v) is 4.18. The zero-order valence-electron chi connectivity index (χ0n) is 7.33. The second-order valence-electron chi connectivity index (χ2n) is 3.15. The van der Waals surface area contributed by atoms with Gasteiger partial charge in [0.25, 0.3) is 0 Å². The van der Waals surface area contributed by atoms with Crippen molar-refractivity contribution >= 4 is 5.97 Å². The highest BCUT2D eigenvalue weighted by atomic mass is 16.5. The first kappa shape index (κ1) is 8.10. The van der Waals surface area contributed by atoms with Gasteiger partial charge >= 0.3 is 5.97 Å². The average Bonchev–Trinajstić information content (AvgIpc) is 2.50. The third-order valence-electron chi connectivity index (χ3n) is 2.28. The highest BCUT2D eigenvalue weighted by molar-refractivity contribution is 5.93. The van der Waals surface area contributed by atoms with Gasteiger partial charge in [-0.15, -0.1) is 0 Å². The van der Waals surface area contributed by atoms with Crippen LogP contribution in [0.1, 0.15) is 21.5 Å². The molecule has 1 heterocycles. The molecule has 1 aliphatic rings. The van der Waals surface area contributed by atoms with Crippen LogP contribution in [0.4, 0.5) is 0 Å². The van der Waals surface area contributed by atoms with Crippen molar-refractivity contribution in [1.29, 1.82) is 0 Å². The van der Waals surface area contributed by atoms with Crippen molar-refractivity contribution < 1.29 is 14.6 Å². The molecule has 0 amide bonds. The van der Waals surface area contributed by atoms with E-state index in [-0.39, 0.29) is 0 Å². The number of carboxylic acids is 1. The standard InChI is InChI=1S/C10H10O3/c1-6-2-3-7-4-5-13-9(7)8(6)10(11)12/h2-3H,4-5H2,1H3,(H,11,12). The van der Waals surface area contributed by atoms with Gasteiger partial charge in [0.2, 0.25) is 0 Å². The molecule has 0 saturated carbocycles. The third-order valence-corrected chi connectivity index (χ3v) is 2.28. The fourth-order valence-corrected chi connectivity index (χ4v) is 1.61. The smallest absolute Gasteiger partial charge is 0.339 e. The largest absolute Gasteiger partial charge is 0.492 e. The molecule has 0 fully saturated rings. The molecule has 1 N–H and O–H groups in total. The Morgan fingerprint density at radius 2 is 2.31 bits per heavy atom. The van der Waals surface area contributed by atoms with E-state index in [1.54, 1.807) is 6.92 Å². The number of fused-ring (bicyclic) bond motifs is 1. The molecule has 1 aromatic carbocycles. The van der Waals surface area contributed by atoms with E-state index in [1.165, 1.54) is 0 Å². The first-order chi connectivity index (χ1) is 6.20. The van der Waals surface area contributed by atoms with Crippen molar-refractivity contribution in [3.8, 4) is 5.75 Å². The van der Waals surface area contributed by atoms with E-state index in [2.05, 4.69) is 0 Å². The Bertz CT molecular complexity index is 369. The van der Waals surface area contributed by atoms with Crippen molar-refractivity contribution in [3.05, 3.63) is 28.8 Å². The zero-order chi connectivity index (χ0) is 9.42. The maximum Gasteiger partial charge on any atom is 0.339 e. The Morgan fingerprint density at radius 1 is 1.54 bits per heavy atom. The number of carboxylic acid groups (broad SMARTS) is 1. The summed E-state index contributed by atoms with van der Waals surface area (Å²) in [6, 6.07) is 3.76. The van der Waals surface area contributed by atoms with Crippen LogP contribution in [0.2, 0.25) is 0 Å². The molecule has 1 aromatic rings. The van der Waals surface area contributed by atoms with Gasteiger partial charge < -0.3 is 9.84 Å². The molecule has 0 aliphatic carbocycles. The number of hydrogen-bond donors (Lipinski definition) is 1. The fraction of sp³-hybridized carbons (Fsp3) is 0.300. The molecule has 0 saturated heterocycles. The van der Waals surface area contributed by atoms with Crippen LogP contribution >= 0.6 is 0 Å². The summed E-state index contributed by atoms with van der Waals surface area (Å²) in [5.74, 6) is -0.344. The van der Waals surface area contributed by atoms with Gasteiger partial charge in [-0.1, -0.05) is 12.1 Å². The van der Waals surface area contributed by atoms with Crippen molar-refractivity contribution in [3.63, 3.8) is 0 Å². The molecule has 0 bridgehead atoms. The molecule has 68 valence electrons. The van der Waals surface area contributed by atoms with Crippen LogP contribution < -0.4 is 4.74 Å². The molecular formula is C10H10O3. The maximum absolute atomic E-state index is 10.9. The minimum Gasteiger partial charge on any atom is -0.492 e. The molecule has 2 rings (SSSR count). The van der Waals surface area contributed by atoms with Gasteiger partial charge in [-0.3, -0.25) is 0 Å². The fourth-order valence-electron chi connectivity index (χ4n) is 1.61. The van der Waals surface area contributed by atoms with Gasteiger partial charge in [0.05, 0.1) is 6.61 Å². The van der Waals surface area contributed by atoms with Crippen LogP contribution in [0.25, 0.3) is 0 Å². The van der Waals surface area contributed by atoms with Gasteiger partial charge in [0.1, 0.15) is 11.3 Å². The Hall–Kier alpha value is -1.51. The lowest BCUT2D eigenvalue weighted by Gasteiger charge is -2.06. The molecule has 0 unspecified atom stereocenters. The monoisotopic (exact) mass is 178 g/mol. The number of aromatic carboxylic acids is 1. The molecular weight excluding hydrogens is 168 g/mol. The summed E-state index contributed by atoms with van der Waals surface area (Å²) in [5.41, 5.74) is 2.08. The molecule has 0 atom stereocenters. The highest BCUT2D eigenvalue weighted by Gasteiger charge is 2.21. The molecule has 3 heteroatoms. The van der Waals surface area contributed by atoms with Crippen molar-refractivity contribution in [2.45, 2.75) is 13.3 Å². The topological polar surface area (TPSA) is 46.5 Å². The Labute approximate surface area is 76.0 Å². The van der Waals surface area contributed by atoms with E-state index >= 15 is 0 Å². The zero-order valence-corrected chi connectivity index (χ0v) is 7.33. The van der Waals surface area contributed by atoms with Gasteiger partial charge in [0, 0.05) is 6.42 Å². The quantitative estimate of drug-likeness (QED) is 0.710. The normalized spacial score (nSPS) is 13.6. The Kier molecular flexibility index (Phi) is 1.72.